The Hall–Kier alpha value is -2.93. The van der Waals surface area contributed by atoms with Crippen LogP contribution < -0.4 is 28.3 Å². The maximum Gasteiger partial charge on any atom is 0.335 e. The van der Waals surface area contributed by atoms with Gasteiger partial charge >= 0.3 is 5.97 Å². The maximum atomic E-state index is 11.5. The molecule has 0 bridgehead atoms. The lowest BCUT2D eigenvalue weighted by atomic mass is 10.1. The Morgan fingerprint density at radius 2 is 1.07 bits per heavy atom. The summed E-state index contributed by atoms with van der Waals surface area (Å²) in [5.41, 5.74) is 1.37. The van der Waals surface area contributed by atoms with Crippen molar-refractivity contribution in [2.45, 2.75) is 6.16 Å². The van der Waals surface area contributed by atoms with Crippen LogP contribution in [0.1, 0.15) is 15.9 Å². The van der Waals surface area contributed by atoms with Gasteiger partial charge in [0.05, 0.1) is 11.7 Å². The van der Waals surface area contributed by atoms with Crippen LogP contribution in [0.3, 0.4) is 0 Å². The quantitative estimate of drug-likeness (QED) is 0.472. The molecular formula is C26H22ClO2P. The van der Waals surface area contributed by atoms with Crippen molar-refractivity contribution in [1.82, 2.24) is 0 Å². The van der Waals surface area contributed by atoms with E-state index in [1.807, 2.05) is 36.4 Å². The molecule has 0 heterocycles. The summed E-state index contributed by atoms with van der Waals surface area (Å²) in [5, 5.41) is 13.3. The summed E-state index contributed by atoms with van der Waals surface area (Å²) in [6.45, 7) is 0. The number of hydrogen-bond acceptors (Lipinski definition) is 1. The van der Waals surface area contributed by atoms with Gasteiger partial charge in [-0.15, -0.1) is 0 Å². The second-order valence-electron chi connectivity index (χ2n) is 6.98. The molecule has 150 valence electrons. The third-order valence-electron chi connectivity index (χ3n) is 5.18. The Kier molecular flexibility index (Phi) is 7.05. The van der Waals surface area contributed by atoms with E-state index in [0.717, 1.165) is 11.7 Å². The molecule has 0 amide bonds. The Balaban J connectivity index is 0.00000256. The minimum atomic E-state index is -2.02. The SMILES string of the molecule is O=C(O)c1cccc(C[P+](c2ccccc2)(c2ccccc2)c2ccccc2)c1.[Cl-]. The lowest BCUT2D eigenvalue weighted by molar-refractivity contribution is -0.0000211. The second kappa shape index (κ2) is 9.71. The zero-order valence-corrected chi connectivity index (χ0v) is 18.0. The predicted molar refractivity (Wildman–Crippen MR) is 122 cm³/mol. The van der Waals surface area contributed by atoms with Crippen LogP contribution in [0.5, 0.6) is 0 Å². The molecule has 0 fully saturated rings. The average Bonchev–Trinajstić information content (AvgIpc) is 2.79. The monoisotopic (exact) mass is 432 g/mol. The zero-order chi connectivity index (χ0) is 20.1. The molecule has 4 aromatic rings. The van der Waals surface area contributed by atoms with Gasteiger partial charge in [0.1, 0.15) is 23.2 Å². The van der Waals surface area contributed by atoms with Crippen LogP contribution in [-0.2, 0) is 6.16 Å². The summed E-state index contributed by atoms with van der Waals surface area (Å²) < 4.78 is 0. The number of carbonyl (C=O) groups is 1. The van der Waals surface area contributed by atoms with Crippen molar-refractivity contribution in [1.29, 1.82) is 0 Å². The lowest BCUT2D eigenvalue weighted by Crippen LogP contribution is -3.00. The van der Waals surface area contributed by atoms with Crippen LogP contribution in [0.4, 0.5) is 0 Å². The molecule has 0 unspecified atom stereocenters. The molecule has 0 aliphatic carbocycles. The predicted octanol–water partition coefficient (Wildman–Crippen LogP) is 1.88. The van der Waals surface area contributed by atoms with E-state index >= 15 is 0 Å². The number of benzene rings is 4. The van der Waals surface area contributed by atoms with Crippen LogP contribution in [0, 0.1) is 0 Å². The van der Waals surface area contributed by atoms with E-state index in [0.29, 0.717) is 5.56 Å². The van der Waals surface area contributed by atoms with Crippen LogP contribution in [0.25, 0.3) is 0 Å². The Labute approximate surface area is 184 Å². The maximum absolute atomic E-state index is 11.5. The molecule has 4 aromatic carbocycles. The van der Waals surface area contributed by atoms with Gasteiger partial charge in [-0.05, 0) is 54.1 Å². The van der Waals surface area contributed by atoms with Gasteiger partial charge in [-0.3, -0.25) is 0 Å². The van der Waals surface area contributed by atoms with Crippen LogP contribution >= 0.6 is 7.26 Å². The fourth-order valence-electron chi connectivity index (χ4n) is 3.85. The summed E-state index contributed by atoms with van der Waals surface area (Å²) in [7, 11) is -2.02. The first-order valence-corrected chi connectivity index (χ1v) is 11.5. The van der Waals surface area contributed by atoms with E-state index in [1.165, 1.54) is 15.9 Å². The number of aromatic carboxylic acids is 1. The van der Waals surface area contributed by atoms with Crippen molar-refractivity contribution in [2.75, 3.05) is 0 Å². The molecule has 0 aliphatic rings. The molecule has 0 radical (unpaired) electrons. The second-order valence-corrected chi connectivity index (χ2v) is 10.5. The highest BCUT2D eigenvalue weighted by Crippen LogP contribution is 2.58. The molecule has 1 N–H and O–H groups in total. The third-order valence-corrected chi connectivity index (χ3v) is 9.56. The number of rotatable bonds is 6. The standard InChI is InChI=1S/C26H21O2P.ClH/c27-26(28)22-12-10-11-21(19-22)20-29(23-13-4-1-5-14-23,24-15-6-2-7-16-24)25-17-8-3-9-18-25;/h1-19H,20H2;1H. The molecule has 0 aliphatic heterocycles. The molecule has 0 spiro atoms. The fourth-order valence-corrected chi connectivity index (χ4v) is 8.07. The summed E-state index contributed by atoms with van der Waals surface area (Å²) in [5.74, 6) is -0.894. The molecular weight excluding hydrogens is 411 g/mol. The van der Waals surface area contributed by atoms with Gasteiger partial charge < -0.3 is 17.5 Å². The Morgan fingerprint density at radius 1 is 0.633 bits per heavy atom. The Morgan fingerprint density at radius 3 is 1.47 bits per heavy atom. The Bertz CT molecular complexity index is 1000. The lowest BCUT2D eigenvalue weighted by Gasteiger charge is -2.28. The van der Waals surface area contributed by atoms with Crippen molar-refractivity contribution in [2.24, 2.45) is 0 Å². The minimum Gasteiger partial charge on any atom is -1.00 e. The van der Waals surface area contributed by atoms with Gasteiger partial charge in [-0.25, -0.2) is 4.79 Å². The average molecular weight is 433 g/mol. The van der Waals surface area contributed by atoms with Crippen molar-refractivity contribution < 1.29 is 22.3 Å². The molecule has 0 saturated carbocycles. The third kappa shape index (κ3) is 4.31. The van der Waals surface area contributed by atoms with Crippen molar-refractivity contribution in [3.8, 4) is 0 Å². The van der Waals surface area contributed by atoms with E-state index in [-0.39, 0.29) is 12.4 Å². The fraction of sp³-hybridized carbons (Fsp3) is 0.0385. The zero-order valence-electron chi connectivity index (χ0n) is 16.4. The minimum absolute atomic E-state index is 0. The van der Waals surface area contributed by atoms with Crippen LogP contribution in [0.2, 0.25) is 0 Å². The first-order chi connectivity index (χ1) is 14.2. The largest absolute Gasteiger partial charge is 1.00 e. The number of halogens is 1. The van der Waals surface area contributed by atoms with Gasteiger partial charge in [-0.2, -0.15) is 0 Å². The van der Waals surface area contributed by atoms with E-state index in [9.17, 15) is 9.90 Å². The molecule has 0 saturated heterocycles. The summed E-state index contributed by atoms with van der Waals surface area (Å²) in [6.07, 6.45) is 0.770. The molecule has 4 heteroatoms. The summed E-state index contributed by atoms with van der Waals surface area (Å²) in [4.78, 5) is 11.5. The first-order valence-electron chi connectivity index (χ1n) is 9.57. The van der Waals surface area contributed by atoms with Crippen LogP contribution in [-0.4, -0.2) is 11.1 Å². The highest BCUT2D eigenvalue weighted by atomic mass is 35.5. The van der Waals surface area contributed by atoms with E-state index in [1.54, 1.807) is 6.07 Å². The van der Waals surface area contributed by atoms with Gasteiger partial charge in [0, 0.05) is 0 Å². The van der Waals surface area contributed by atoms with E-state index < -0.39 is 13.2 Å². The highest BCUT2D eigenvalue weighted by molar-refractivity contribution is 7.95. The van der Waals surface area contributed by atoms with Crippen molar-refractivity contribution in [3.05, 3.63) is 126 Å². The van der Waals surface area contributed by atoms with Gasteiger partial charge in [-0.1, -0.05) is 66.7 Å². The molecule has 0 aromatic heterocycles. The summed E-state index contributed by atoms with van der Waals surface area (Å²) in [6, 6.07) is 39.2. The highest BCUT2D eigenvalue weighted by Gasteiger charge is 2.45. The number of carboxylic acid groups (broad SMARTS) is 1. The van der Waals surface area contributed by atoms with Crippen LogP contribution in [0.15, 0.2) is 115 Å². The van der Waals surface area contributed by atoms with Crippen molar-refractivity contribution >= 4 is 29.1 Å². The van der Waals surface area contributed by atoms with E-state index in [2.05, 4.69) is 72.8 Å². The number of hydrogen-bond donors (Lipinski definition) is 1. The molecule has 0 atom stereocenters. The summed E-state index contributed by atoms with van der Waals surface area (Å²) >= 11 is 0. The van der Waals surface area contributed by atoms with Gasteiger partial charge in [0.2, 0.25) is 0 Å². The van der Waals surface area contributed by atoms with Crippen molar-refractivity contribution in [3.63, 3.8) is 0 Å². The normalized spacial score (nSPS) is 10.8. The number of carboxylic acids is 1. The first kappa shape index (κ1) is 21.8. The van der Waals surface area contributed by atoms with Gasteiger partial charge in [0.15, 0.2) is 0 Å². The molecule has 2 nitrogen and oxygen atoms in total. The van der Waals surface area contributed by atoms with Gasteiger partial charge in [0.25, 0.3) is 0 Å². The smallest absolute Gasteiger partial charge is 0.335 e. The molecule has 30 heavy (non-hydrogen) atoms. The molecule has 4 rings (SSSR count). The topological polar surface area (TPSA) is 37.3 Å². The van der Waals surface area contributed by atoms with E-state index in [4.69, 9.17) is 0 Å².